The molecule has 1 aromatic rings. The molecule has 2 heterocycles. The Balaban J connectivity index is 1.63. The van der Waals surface area contributed by atoms with E-state index in [4.69, 9.17) is 21.1 Å². The van der Waals surface area contributed by atoms with Crippen molar-refractivity contribution in [3.05, 3.63) is 28.8 Å². The van der Waals surface area contributed by atoms with Gasteiger partial charge in [-0.3, -0.25) is 4.99 Å². The summed E-state index contributed by atoms with van der Waals surface area (Å²) in [6.45, 7) is 7.09. The average molecular weight is 352 g/mol. The van der Waals surface area contributed by atoms with Crippen molar-refractivity contribution in [1.82, 2.24) is 10.2 Å². The largest absolute Gasteiger partial charge is 0.493 e. The molecule has 1 atom stereocenters. The Morgan fingerprint density at radius 1 is 1.46 bits per heavy atom. The lowest BCUT2D eigenvalue weighted by molar-refractivity contribution is 0.156. The second-order valence-corrected chi connectivity index (χ2v) is 7.00. The van der Waals surface area contributed by atoms with Gasteiger partial charge in [-0.25, -0.2) is 0 Å². The Labute approximate surface area is 149 Å². The van der Waals surface area contributed by atoms with E-state index in [0.29, 0.717) is 23.6 Å². The summed E-state index contributed by atoms with van der Waals surface area (Å²) in [5.41, 5.74) is 1.41. The van der Waals surface area contributed by atoms with Crippen molar-refractivity contribution in [3.63, 3.8) is 0 Å². The normalized spacial score (nSPS) is 24.0. The summed E-state index contributed by atoms with van der Waals surface area (Å²) >= 11 is 6.07. The Bertz CT molecular complexity index is 600. The molecule has 2 aliphatic rings. The number of likely N-dealkylation sites (tertiary alicyclic amines) is 1. The molecular weight excluding hydrogens is 326 g/mol. The molecule has 0 aliphatic carbocycles. The van der Waals surface area contributed by atoms with E-state index in [1.807, 2.05) is 32.2 Å². The summed E-state index contributed by atoms with van der Waals surface area (Å²) in [4.78, 5) is 6.79. The molecule has 1 N–H and O–H groups in total. The molecule has 2 fully saturated rings. The molecule has 0 saturated carbocycles. The van der Waals surface area contributed by atoms with Crippen molar-refractivity contribution in [2.75, 3.05) is 40.0 Å². The lowest BCUT2D eigenvalue weighted by Crippen LogP contribution is -2.41. The van der Waals surface area contributed by atoms with Gasteiger partial charge in [0.1, 0.15) is 5.75 Å². The van der Waals surface area contributed by atoms with E-state index < -0.39 is 0 Å². The van der Waals surface area contributed by atoms with Gasteiger partial charge in [0, 0.05) is 49.3 Å². The number of nitrogens with zero attached hydrogens (tertiary/aromatic N) is 2. The third kappa shape index (κ3) is 3.78. The number of aliphatic imine (C=N–C) groups is 1. The molecule has 1 spiro atoms. The van der Waals surface area contributed by atoms with Gasteiger partial charge in [0.15, 0.2) is 5.96 Å². The van der Waals surface area contributed by atoms with Gasteiger partial charge >= 0.3 is 0 Å². The van der Waals surface area contributed by atoms with Gasteiger partial charge in [-0.1, -0.05) is 17.7 Å². The van der Waals surface area contributed by atoms with Gasteiger partial charge in [0.05, 0.1) is 13.2 Å². The molecule has 2 aliphatic heterocycles. The maximum atomic E-state index is 6.07. The van der Waals surface area contributed by atoms with Gasteiger partial charge < -0.3 is 19.7 Å². The number of ether oxygens (including phenoxy) is 2. The monoisotopic (exact) mass is 351 g/mol. The number of halogens is 1. The van der Waals surface area contributed by atoms with Gasteiger partial charge in [-0.2, -0.15) is 0 Å². The highest BCUT2D eigenvalue weighted by Gasteiger charge is 2.42. The van der Waals surface area contributed by atoms with Crippen LogP contribution in [0.2, 0.25) is 5.02 Å². The SMILES string of the molecule is CCOc1cc(Cl)ccc1CNC(=NC)N1CCC2(CCOC2)C1. The van der Waals surface area contributed by atoms with Crippen molar-refractivity contribution in [2.45, 2.75) is 26.3 Å². The van der Waals surface area contributed by atoms with Crippen LogP contribution >= 0.6 is 11.6 Å². The first-order valence-electron chi connectivity index (χ1n) is 8.60. The lowest BCUT2D eigenvalue weighted by Gasteiger charge is -2.25. The van der Waals surface area contributed by atoms with E-state index in [-0.39, 0.29) is 0 Å². The van der Waals surface area contributed by atoms with Crippen molar-refractivity contribution >= 4 is 17.6 Å². The smallest absolute Gasteiger partial charge is 0.193 e. The van der Waals surface area contributed by atoms with Crippen molar-refractivity contribution in [3.8, 4) is 5.75 Å². The Morgan fingerprint density at radius 3 is 3.04 bits per heavy atom. The summed E-state index contributed by atoms with van der Waals surface area (Å²) in [7, 11) is 1.84. The maximum Gasteiger partial charge on any atom is 0.193 e. The second kappa shape index (κ2) is 7.62. The first kappa shape index (κ1) is 17.4. The fourth-order valence-corrected chi connectivity index (χ4v) is 3.72. The quantitative estimate of drug-likeness (QED) is 0.669. The van der Waals surface area contributed by atoms with Gasteiger partial charge in [0.25, 0.3) is 0 Å². The molecule has 6 heteroatoms. The first-order chi connectivity index (χ1) is 11.7. The van der Waals surface area contributed by atoms with E-state index >= 15 is 0 Å². The van der Waals surface area contributed by atoms with Crippen LogP contribution in [0.4, 0.5) is 0 Å². The van der Waals surface area contributed by atoms with E-state index in [0.717, 1.165) is 50.0 Å². The summed E-state index contributed by atoms with van der Waals surface area (Å²) < 4.78 is 11.3. The molecule has 1 aromatic carbocycles. The Morgan fingerprint density at radius 2 is 2.33 bits per heavy atom. The molecule has 24 heavy (non-hydrogen) atoms. The van der Waals surface area contributed by atoms with Gasteiger partial charge in [-0.15, -0.1) is 0 Å². The molecule has 5 nitrogen and oxygen atoms in total. The molecule has 2 saturated heterocycles. The van der Waals surface area contributed by atoms with E-state index in [1.165, 1.54) is 6.42 Å². The molecular formula is C18H26ClN3O2. The topological polar surface area (TPSA) is 46.1 Å². The molecule has 132 valence electrons. The Kier molecular flexibility index (Phi) is 5.51. The van der Waals surface area contributed by atoms with Gasteiger partial charge in [-0.05, 0) is 31.9 Å². The summed E-state index contributed by atoms with van der Waals surface area (Å²) in [5, 5.41) is 4.15. The van der Waals surface area contributed by atoms with Crippen LogP contribution in [0.3, 0.4) is 0 Å². The van der Waals surface area contributed by atoms with Crippen LogP contribution in [0, 0.1) is 5.41 Å². The molecule has 0 aromatic heterocycles. The zero-order valence-electron chi connectivity index (χ0n) is 14.5. The molecule has 3 rings (SSSR count). The first-order valence-corrected chi connectivity index (χ1v) is 8.98. The minimum Gasteiger partial charge on any atom is -0.493 e. The van der Waals surface area contributed by atoms with Crippen molar-refractivity contribution < 1.29 is 9.47 Å². The molecule has 0 radical (unpaired) electrons. The molecule has 0 bridgehead atoms. The standard InChI is InChI=1S/C18H26ClN3O2/c1-3-24-16-10-15(19)5-4-14(16)11-21-17(20-2)22-8-6-18(12-22)7-9-23-13-18/h4-5,10H,3,6-9,11-13H2,1-2H3,(H,20,21). The number of benzene rings is 1. The second-order valence-electron chi connectivity index (χ2n) is 6.56. The predicted octanol–water partition coefficient (Wildman–Crippen LogP) is 2.93. The zero-order valence-corrected chi connectivity index (χ0v) is 15.2. The van der Waals surface area contributed by atoms with Crippen LogP contribution in [0.15, 0.2) is 23.2 Å². The third-order valence-electron chi connectivity index (χ3n) is 4.90. The van der Waals surface area contributed by atoms with Crippen LogP contribution in [0.1, 0.15) is 25.3 Å². The van der Waals surface area contributed by atoms with Crippen molar-refractivity contribution in [1.29, 1.82) is 0 Å². The number of nitrogens with one attached hydrogen (secondary N) is 1. The van der Waals surface area contributed by atoms with Crippen LogP contribution < -0.4 is 10.1 Å². The number of guanidine groups is 1. The van der Waals surface area contributed by atoms with Crippen LogP contribution in [-0.4, -0.2) is 50.8 Å². The fraction of sp³-hybridized carbons (Fsp3) is 0.611. The average Bonchev–Trinajstić information content (AvgIpc) is 3.21. The minimum atomic E-state index is 0.328. The summed E-state index contributed by atoms with van der Waals surface area (Å²) in [6, 6.07) is 5.76. The molecule has 1 unspecified atom stereocenters. The van der Waals surface area contributed by atoms with Crippen molar-refractivity contribution in [2.24, 2.45) is 10.4 Å². The predicted molar refractivity (Wildman–Crippen MR) is 96.9 cm³/mol. The van der Waals surface area contributed by atoms with E-state index in [2.05, 4.69) is 15.2 Å². The van der Waals surface area contributed by atoms with E-state index in [1.54, 1.807) is 0 Å². The number of rotatable bonds is 4. The number of hydrogen-bond donors (Lipinski definition) is 1. The molecule has 0 amide bonds. The Hall–Kier alpha value is -1.46. The zero-order chi connectivity index (χ0) is 17.0. The fourth-order valence-electron chi connectivity index (χ4n) is 3.56. The van der Waals surface area contributed by atoms with Crippen LogP contribution in [0.25, 0.3) is 0 Å². The minimum absolute atomic E-state index is 0.328. The van der Waals surface area contributed by atoms with Crippen LogP contribution in [-0.2, 0) is 11.3 Å². The van der Waals surface area contributed by atoms with Crippen LogP contribution in [0.5, 0.6) is 5.75 Å². The highest BCUT2D eigenvalue weighted by molar-refractivity contribution is 6.30. The third-order valence-corrected chi connectivity index (χ3v) is 5.14. The summed E-state index contributed by atoms with van der Waals surface area (Å²) in [6.07, 6.45) is 2.34. The van der Waals surface area contributed by atoms with E-state index in [9.17, 15) is 0 Å². The van der Waals surface area contributed by atoms with Gasteiger partial charge in [0.2, 0.25) is 0 Å². The highest BCUT2D eigenvalue weighted by Crippen LogP contribution is 2.38. The highest BCUT2D eigenvalue weighted by atomic mass is 35.5. The number of hydrogen-bond acceptors (Lipinski definition) is 3. The lowest BCUT2D eigenvalue weighted by atomic mass is 9.87. The maximum absolute atomic E-state index is 6.07. The summed E-state index contributed by atoms with van der Waals surface area (Å²) in [5.74, 6) is 1.77.